The van der Waals surface area contributed by atoms with E-state index in [1.165, 1.54) is 0 Å². The molecule has 0 bridgehead atoms. The van der Waals surface area contributed by atoms with Crippen molar-refractivity contribution in [1.29, 1.82) is 0 Å². The average Bonchev–Trinajstić information content (AvgIpc) is 2.59. The third-order valence-corrected chi connectivity index (χ3v) is 3.47. The predicted octanol–water partition coefficient (Wildman–Crippen LogP) is 4.42. The van der Waals surface area contributed by atoms with E-state index in [2.05, 4.69) is 4.98 Å². The molecular weight excluding hydrogens is 269 g/mol. The number of thiazole rings is 1. The van der Waals surface area contributed by atoms with E-state index in [9.17, 15) is 22.0 Å². The van der Waals surface area contributed by atoms with Crippen molar-refractivity contribution in [2.45, 2.75) is 16.9 Å². The van der Waals surface area contributed by atoms with Crippen LogP contribution in [0.5, 0.6) is 0 Å². The van der Waals surface area contributed by atoms with Crippen molar-refractivity contribution < 1.29 is 22.0 Å². The summed E-state index contributed by atoms with van der Waals surface area (Å²) < 4.78 is 59.8. The summed E-state index contributed by atoms with van der Waals surface area (Å²) in [5.41, 5.74) is -0.938. The number of halogens is 5. The first kappa shape index (κ1) is 13.4. The molecule has 0 aliphatic heterocycles. The van der Waals surface area contributed by atoms with Crippen LogP contribution in [0.4, 0.5) is 22.0 Å². The molecule has 16 heavy (non-hydrogen) atoms. The van der Waals surface area contributed by atoms with Gasteiger partial charge in [-0.3, -0.25) is 0 Å². The normalized spacial score (nSPS) is 11.6. The number of nitrogens with zero attached hydrogens (tertiary/aromatic N) is 1. The van der Waals surface area contributed by atoms with Crippen molar-refractivity contribution in [2.75, 3.05) is 5.75 Å². The SMILES string of the molecule is FC(F)=CCCSc1nc(C(F)(F)F)cs1. The first-order valence-electron chi connectivity index (χ1n) is 4.06. The van der Waals surface area contributed by atoms with Gasteiger partial charge >= 0.3 is 6.18 Å². The molecule has 1 nitrogen and oxygen atoms in total. The lowest BCUT2D eigenvalue weighted by Crippen LogP contribution is -2.04. The number of hydrogen-bond acceptors (Lipinski definition) is 3. The molecule has 0 aromatic carbocycles. The molecule has 90 valence electrons. The van der Waals surface area contributed by atoms with E-state index in [1.807, 2.05) is 0 Å². The summed E-state index contributed by atoms with van der Waals surface area (Å²) in [6.45, 7) is 0. The number of rotatable bonds is 4. The van der Waals surface area contributed by atoms with E-state index in [4.69, 9.17) is 0 Å². The first-order valence-corrected chi connectivity index (χ1v) is 5.93. The number of aromatic nitrogens is 1. The van der Waals surface area contributed by atoms with Crippen molar-refractivity contribution >= 4 is 23.1 Å². The van der Waals surface area contributed by atoms with Crippen LogP contribution >= 0.6 is 23.1 Å². The van der Waals surface area contributed by atoms with Crippen molar-refractivity contribution in [3.63, 3.8) is 0 Å². The zero-order valence-electron chi connectivity index (χ0n) is 7.72. The van der Waals surface area contributed by atoms with Crippen molar-refractivity contribution in [3.05, 3.63) is 23.2 Å². The van der Waals surface area contributed by atoms with Gasteiger partial charge in [0.15, 0.2) is 10.0 Å². The van der Waals surface area contributed by atoms with E-state index in [1.54, 1.807) is 0 Å². The Balaban J connectivity index is 2.44. The van der Waals surface area contributed by atoms with E-state index in [0.29, 0.717) is 0 Å². The third kappa shape index (κ3) is 4.48. The Morgan fingerprint density at radius 3 is 2.62 bits per heavy atom. The largest absolute Gasteiger partial charge is 0.434 e. The molecule has 0 radical (unpaired) electrons. The monoisotopic (exact) mass is 275 g/mol. The summed E-state index contributed by atoms with van der Waals surface area (Å²) in [5.74, 6) is 0.280. The topological polar surface area (TPSA) is 12.9 Å². The van der Waals surface area contributed by atoms with E-state index >= 15 is 0 Å². The summed E-state index contributed by atoms with van der Waals surface area (Å²) in [6.07, 6.45) is -5.39. The maximum Gasteiger partial charge on any atom is 0.434 e. The number of thioether (sulfide) groups is 1. The molecule has 0 saturated heterocycles. The van der Waals surface area contributed by atoms with Gasteiger partial charge in [-0.25, -0.2) is 4.98 Å². The Kier molecular flexibility index (Phi) is 4.72. The second-order valence-corrected chi connectivity index (χ2v) is 4.83. The second kappa shape index (κ2) is 5.62. The van der Waals surface area contributed by atoms with Crippen molar-refractivity contribution in [1.82, 2.24) is 4.98 Å². The second-order valence-electron chi connectivity index (χ2n) is 2.63. The van der Waals surface area contributed by atoms with Crippen LogP contribution in [-0.4, -0.2) is 10.7 Å². The highest BCUT2D eigenvalue weighted by Gasteiger charge is 2.33. The molecule has 0 atom stereocenters. The molecule has 1 aromatic heterocycles. The lowest BCUT2D eigenvalue weighted by Gasteiger charge is -1.99. The molecule has 0 aliphatic rings. The summed E-state index contributed by atoms with van der Waals surface area (Å²) in [5, 5.41) is 0.911. The molecule has 0 saturated carbocycles. The molecule has 1 aromatic rings. The number of hydrogen-bond donors (Lipinski definition) is 0. The van der Waals surface area contributed by atoms with Crippen LogP contribution < -0.4 is 0 Å². The minimum atomic E-state index is -4.44. The van der Waals surface area contributed by atoms with Crippen LogP contribution in [0, 0.1) is 0 Å². The Morgan fingerprint density at radius 1 is 1.44 bits per heavy atom. The highest BCUT2D eigenvalue weighted by molar-refractivity contribution is 8.01. The van der Waals surface area contributed by atoms with Gasteiger partial charge in [0.1, 0.15) is 0 Å². The van der Waals surface area contributed by atoms with Gasteiger partial charge < -0.3 is 0 Å². The quantitative estimate of drug-likeness (QED) is 0.458. The molecule has 0 spiro atoms. The summed E-state index contributed by atoms with van der Waals surface area (Å²) in [6, 6.07) is 0. The van der Waals surface area contributed by atoms with Crippen LogP contribution in [0.2, 0.25) is 0 Å². The first-order chi connectivity index (χ1) is 7.39. The number of allylic oxidation sites excluding steroid dienone is 1. The fourth-order valence-electron chi connectivity index (χ4n) is 0.768. The zero-order valence-corrected chi connectivity index (χ0v) is 9.36. The van der Waals surface area contributed by atoms with Crippen LogP contribution in [0.15, 0.2) is 21.9 Å². The van der Waals surface area contributed by atoms with Gasteiger partial charge in [-0.2, -0.15) is 22.0 Å². The Hall–Kier alpha value is -0.630. The van der Waals surface area contributed by atoms with Gasteiger partial charge in [-0.05, 0) is 12.5 Å². The van der Waals surface area contributed by atoms with E-state index < -0.39 is 18.0 Å². The molecule has 8 heteroatoms. The van der Waals surface area contributed by atoms with Gasteiger partial charge in [0.05, 0.1) is 0 Å². The van der Waals surface area contributed by atoms with Gasteiger partial charge in [0.2, 0.25) is 0 Å². The summed E-state index contributed by atoms with van der Waals surface area (Å²) >= 11 is 1.89. The minimum Gasteiger partial charge on any atom is -0.225 e. The standard InChI is InChI=1S/C8H6F5NS2/c9-6(10)2-1-3-15-7-14-5(4-16-7)8(11,12)13/h2,4H,1,3H2. The lowest BCUT2D eigenvalue weighted by atomic mass is 10.5. The molecule has 0 amide bonds. The molecule has 0 unspecified atom stereocenters. The molecule has 1 heterocycles. The Bertz CT molecular complexity index is 367. The van der Waals surface area contributed by atoms with Crippen LogP contribution in [0.3, 0.4) is 0 Å². The zero-order chi connectivity index (χ0) is 12.2. The lowest BCUT2D eigenvalue weighted by molar-refractivity contribution is -0.141. The summed E-state index contributed by atoms with van der Waals surface area (Å²) in [7, 11) is 0. The van der Waals surface area contributed by atoms with Gasteiger partial charge in [0, 0.05) is 11.1 Å². The molecule has 0 aliphatic carbocycles. The van der Waals surface area contributed by atoms with Crippen LogP contribution in [0.1, 0.15) is 12.1 Å². The van der Waals surface area contributed by atoms with Gasteiger partial charge in [0.25, 0.3) is 6.08 Å². The third-order valence-electron chi connectivity index (χ3n) is 1.42. The van der Waals surface area contributed by atoms with E-state index in [0.717, 1.165) is 34.6 Å². The number of alkyl halides is 3. The molecule has 1 rings (SSSR count). The van der Waals surface area contributed by atoms with Crippen LogP contribution in [-0.2, 0) is 6.18 Å². The smallest absolute Gasteiger partial charge is 0.225 e. The van der Waals surface area contributed by atoms with Gasteiger partial charge in [-0.1, -0.05) is 11.8 Å². The molecule has 0 N–H and O–H groups in total. The fraction of sp³-hybridized carbons (Fsp3) is 0.375. The van der Waals surface area contributed by atoms with Gasteiger partial charge in [-0.15, -0.1) is 11.3 Å². The maximum absolute atomic E-state index is 12.1. The van der Waals surface area contributed by atoms with Crippen LogP contribution in [0.25, 0.3) is 0 Å². The minimum absolute atomic E-state index is 0.105. The van der Waals surface area contributed by atoms with Crippen molar-refractivity contribution in [2.24, 2.45) is 0 Å². The van der Waals surface area contributed by atoms with E-state index in [-0.39, 0.29) is 16.5 Å². The molecule has 0 fully saturated rings. The Labute approximate surface area is 96.4 Å². The predicted molar refractivity (Wildman–Crippen MR) is 52.8 cm³/mol. The highest BCUT2D eigenvalue weighted by Crippen LogP contribution is 2.33. The van der Waals surface area contributed by atoms with Crippen molar-refractivity contribution in [3.8, 4) is 0 Å². The molecular formula is C8H6F5NS2. The summed E-state index contributed by atoms with van der Waals surface area (Å²) in [4.78, 5) is 3.35. The fourth-order valence-corrected chi connectivity index (χ4v) is 2.56. The maximum atomic E-state index is 12.1. The average molecular weight is 275 g/mol. The Morgan fingerprint density at radius 2 is 2.12 bits per heavy atom. The highest BCUT2D eigenvalue weighted by atomic mass is 32.2.